The first-order valence-corrected chi connectivity index (χ1v) is 7.61. The first kappa shape index (κ1) is 17.4. The van der Waals surface area contributed by atoms with Crippen molar-refractivity contribution in [1.82, 2.24) is 14.8 Å². The van der Waals surface area contributed by atoms with Crippen LogP contribution in [-0.2, 0) is 21.0 Å². The topological polar surface area (TPSA) is 109 Å². The average Bonchev–Trinajstić information content (AvgIpc) is 2.82. The van der Waals surface area contributed by atoms with Crippen molar-refractivity contribution in [3.8, 4) is 0 Å². The predicted molar refractivity (Wildman–Crippen MR) is 76.8 cm³/mol. The van der Waals surface area contributed by atoms with Gasteiger partial charge in [-0.15, -0.1) is 5.10 Å². The Kier molecular flexibility index (Phi) is 7.76. The smallest absolute Gasteiger partial charge is 0.302 e. The molecule has 1 aromatic heterocycles. The number of thioether (sulfide) groups is 1. The van der Waals surface area contributed by atoms with Gasteiger partial charge in [-0.25, -0.2) is 4.68 Å². The highest BCUT2D eigenvalue weighted by Crippen LogP contribution is 2.17. The van der Waals surface area contributed by atoms with Crippen LogP contribution in [0.25, 0.3) is 0 Å². The molecule has 0 radical (unpaired) electrons. The number of hydrogen-bond donors (Lipinski definition) is 1. The summed E-state index contributed by atoms with van der Waals surface area (Å²) in [6, 6.07) is 0. The number of unbranched alkanes of at least 4 members (excludes halogenated alkanes) is 1. The van der Waals surface area contributed by atoms with Crippen molar-refractivity contribution in [3.63, 3.8) is 0 Å². The number of amides is 1. The maximum absolute atomic E-state index is 11.1. The van der Waals surface area contributed by atoms with Gasteiger partial charge in [-0.2, -0.15) is 4.98 Å². The largest absolute Gasteiger partial charge is 0.463 e. The standard InChI is InChI=1S/C12H20N4O4S/c1-3-4-7-21-12-14-11(10(13)18)15-16(12)8-19-5-6-20-9(2)17/h3-8H2,1-2H3,(H2,13,18). The molecule has 0 spiro atoms. The molecular weight excluding hydrogens is 296 g/mol. The number of carbonyl (C=O) groups excluding carboxylic acids is 2. The van der Waals surface area contributed by atoms with E-state index in [9.17, 15) is 9.59 Å². The van der Waals surface area contributed by atoms with E-state index in [4.69, 9.17) is 15.2 Å². The molecule has 118 valence electrons. The summed E-state index contributed by atoms with van der Waals surface area (Å²) in [4.78, 5) is 25.8. The van der Waals surface area contributed by atoms with Crippen molar-refractivity contribution in [1.29, 1.82) is 0 Å². The lowest BCUT2D eigenvalue weighted by atomic mass is 10.4. The Morgan fingerprint density at radius 2 is 2.14 bits per heavy atom. The molecule has 8 nitrogen and oxygen atoms in total. The second-order valence-corrected chi connectivity index (χ2v) is 5.22. The van der Waals surface area contributed by atoms with Gasteiger partial charge in [0.15, 0.2) is 5.16 Å². The highest BCUT2D eigenvalue weighted by atomic mass is 32.2. The minimum Gasteiger partial charge on any atom is -0.463 e. The quantitative estimate of drug-likeness (QED) is 0.386. The number of nitrogens with two attached hydrogens (primary N) is 1. The van der Waals surface area contributed by atoms with E-state index in [1.54, 1.807) is 0 Å². The molecule has 0 saturated heterocycles. The Morgan fingerprint density at radius 1 is 1.38 bits per heavy atom. The van der Waals surface area contributed by atoms with Gasteiger partial charge >= 0.3 is 5.97 Å². The summed E-state index contributed by atoms with van der Waals surface area (Å²) < 4.78 is 11.6. The van der Waals surface area contributed by atoms with Crippen LogP contribution >= 0.6 is 11.8 Å². The fraction of sp³-hybridized carbons (Fsp3) is 0.667. The molecule has 1 heterocycles. The van der Waals surface area contributed by atoms with E-state index < -0.39 is 5.91 Å². The summed E-state index contributed by atoms with van der Waals surface area (Å²) in [6.07, 6.45) is 2.11. The number of ether oxygens (including phenoxy) is 2. The highest BCUT2D eigenvalue weighted by molar-refractivity contribution is 7.99. The van der Waals surface area contributed by atoms with Crippen LogP contribution in [0.5, 0.6) is 0 Å². The summed E-state index contributed by atoms with van der Waals surface area (Å²) in [5.74, 6) is -0.185. The maximum Gasteiger partial charge on any atom is 0.302 e. The van der Waals surface area contributed by atoms with Gasteiger partial charge in [0.25, 0.3) is 5.91 Å². The first-order valence-electron chi connectivity index (χ1n) is 6.63. The molecule has 0 unspecified atom stereocenters. The van der Waals surface area contributed by atoms with Gasteiger partial charge < -0.3 is 15.2 Å². The fourth-order valence-electron chi connectivity index (χ4n) is 1.33. The summed E-state index contributed by atoms with van der Waals surface area (Å²) in [6.45, 7) is 3.96. The van der Waals surface area contributed by atoms with E-state index in [0.717, 1.165) is 18.6 Å². The van der Waals surface area contributed by atoms with E-state index in [0.29, 0.717) is 5.16 Å². The van der Waals surface area contributed by atoms with Crippen LogP contribution in [0.4, 0.5) is 0 Å². The molecule has 1 rings (SSSR count). The molecule has 21 heavy (non-hydrogen) atoms. The van der Waals surface area contributed by atoms with Gasteiger partial charge in [0.1, 0.15) is 13.3 Å². The Bertz CT molecular complexity index is 478. The second kappa shape index (κ2) is 9.35. The molecular formula is C12H20N4O4S. The maximum atomic E-state index is 11.1. The van der Waals surface area contributed by atoms with Crippen LogP contribution < -0.4 is 5.73 Å². The number of esters is 1. The Hall–Kier alpha value is -1.61. The van der Waals surface area contributed by atoms with Gasteiger partial charge in [0.05, 0.1) is 6.61 Å². The zero-order valence-corrected chi connectivity index (χ0v) is 13.0. The predicted octanol–water partition coefficient (Wildman–Crippen LogP) is 0.806. The number of nitrogens with zero attached hydrogens (tertiary/aromatic N) is 3. The highest BCUT2D eigenvalue weighted by Gasteiger charge is 2.14. The van der Waals surface area contributed by atoms with E-state index in [-0.39, 0.29) is 31.7 Å². The molecule has 0 bridgehead atoms. The third-order valence-corrected chi connectivity index (χ3v) is 3.39. The van der Waals surface area contributed by atoms with Gasteiger partial charge in [-0.3, -0.25) is 9.59 Å². The zero-order valence-electron chi connectivity index (χ0n) is 12.2. The van der Waals surface area contributed by atoms with Gasteiger partial charge in [0.2, 0.25) is 5.82 Å². The minimum absolute atomic E-state index is 0.0300. The third-order valence-electron chi connectivity index (χ3n) is 2.33. The number of primary amides is 1. The van der Waals surface area contributed by atoms with E-state index in [1.165, 1.54) is 23.4 Å². The molecule has 0 saturated carbocycles. The fourth-order valence-corrected chi connectivity index (χ4v) is 2.34. The molecule has 2 N–H and O–H groups in total. The van der Waals surface area contributed by atoms with Crippen LogP contribution in [0.2, 0.25) is 0 Å². The summed E-state index contributed by atoms with van der Waals surface area (Å²) in [7, 11) is 0. The second-order valence-electron chi connectivity index (χ2n) is 4.16. The van der Waals surface area contributed by atoms with Gasteiger partial charge in [-0.1, -0.05) is 25.1 Å². The van der Waals surface area contributed by atoms with Crippen molar-refractivity contribution >= 4 is 23.6 Å². The monoisotopic (exact) mass is 316 g/mol. The lowest BCUT2D eigenvalue weighted by molar-refractivity contribution is -0.143. The van der Waals surface area contributed by atoms with E-state index in [1.807, 2.05) is 0 Å². The van der Waals surface area contributed by atoms with Crippen molar-refractivity contribution in [2.24, 2.45) is 5.73 Å². The number of aromatic nitrogens is 3. The van der Waals surface area contributed by atoms with Crippen molar-refractivity contribution < 1.29 is 19.1 Å². The Morgan fingerprint density at radius 3 is 2.76 bits per heavy atom. The SMILES string of the molecule is CCCCSc1nc(C(N)=O)nn1COCCOC(C)=O. The average molecular weight is 316 g/mol. The first-order chi connectivity index (χ1) is 10.0. The number of hydrogen-bond acceptors (Lipinski definition) is 7. The number of carbonyl (C=O) groups is 2. The lowest BCUT2D eigenvalue weighted by Crippen LogP contribution is -2.15. The molecule has 1 aromatic rings. The molecule has 0 aromatic carbocycles. The zero-order chi connectivity index (χ0) is 15.7. The molecule has 0 atom stereocenters. The van der Waals surface area contributed by atoms with Crippen molar-refractivity contribution in [2.75, 3.05) is 19.0 Å². The van der Waals surface area contributed by atoms with Crippen molar-refractivity contribution in [3.05, 3.63) is 5.82 Å². The van der Waals surface area contributed by atoms with Crippen LogP contribution in [-0.4, -0.2) is 45.6 Å². The molecule has 0 aliphatic rings. The number of rotatable bonds is 10. The molecule has 0 aliphatic carbocycles. The van der Waals surface area contributed by atoms with Crippen LogP contribution in [0, 0.1) is 0 Å². The van der Waals surface area contributed by atoms with Crippen LogP contribution in [0.1, 0.15) is 37.3 Å². The van der Waals surface area contributed by atoms with Crippen LogP contribution in [0.15, 0.2) is 5.16 Å². The van der Waals surface area contributed by atoms with E-state index in [2.05, 4.69) is 17.0 Å². The third kappa shape index (κ3) is 6.58. The van der Waals surface area contributed by atoms with E-state index >= 15 is 0 Å². The Balaban J connectivity index is 2.52. The van der Waals surface area contributed by atoms with Gasteiger partial charge in [-0.05, 0) is 6.42 Å². The van der Waals surface area contributed by atoms with Crippen molar-refractivity contribution in [2.45, 2.75) is 38.6 Å². The molecule has 0 fully saturated rings. The minimum atomic E-state index is -0.675. The molecule has 9 heteroatoms. The van der Waals surface area contributed by atoms with Gasteiger partial charge in [0, 0.05) is 12.7 Å². The summed E-state index contributed by atoms with van der Waals surface area (Å²) in [5.41, 5.74) is 5.18. The Labute approximate surface area is 127 Å². The molecule has 1 amide bonds. The summed E-state index contributed by atoms with van der Waals surface area (Å²) in [5, 5.41) is 4.59. The molecule has 0 aliphatic heterocycles. The summed E-state index contributed by atoms with van der Waals surface area (Å²) >= 11 is 1.49. The van der Waals surface area contributed by atoms with Crippen LogP contribution in [0.3, 0.4) is 0 Å². The normalized spacial score (nSPS) is 10.6. The lowest BCUT2D eigenvalue weighted by Gasteiger charge is -2.06.